The molecule has 0 unspecified atom stereocenters. The summed E-state index contributed by atoms with van der Waals surface area (Å²) in [5.41, 5.74) is 0. The van der Waals surface area contributed by atoms with Crippen molar-refractivity contribution in [1.82, 2.24) is 0 Å². The van der Waals surface area contributed by atoms with E-state index < -0.39 is 8.07 Å². The van der Waals surface area contributed by atoms with Gasteiger partial charge >= 0.3 is 0 Å². The Morgan fingerprint density at radius 2 is 1.90 bits per heavy atom. The lowest BCUT2D eigenvalue weighted by molar-refractivity contribution is -0.112. The summed E-state index contributed by atoms with van der Waals surface area (Å²) in [6.07, 6.45) is 7.31. The minimum Gasteiger partial charge on any atom is -0.305 e. The molecule has 1 fully saturated rings. The summed E-state index contributed by atoms with van der Waals surface area (Å²) in [6.45, 7) is 6.77. The van der Waals surface area contributed by atoms with Crippen molar-refractivity contribution in [3.8, 4) is 0 Å². The average Bonchev–Trinajstić information content (AvgIpc) is 2.85. The van der Waals surface area contributed by atoms with Crippen molar-refractivity contribution in [2.45, 2.75) is 58.5 Å². The first-order valence-electron chi connectivity index (χ1n) is 8.10. The third kappa shape index (κ3) is 3.60. The van der Waals surface area contributed by atoms with Crippen LogP contribution in [0.25, 0.3) is 0 Å². The molecule has 110 valence electrons. The summed E-state index contributed by atoms with van der Waals surface area (Å²) in [7, 11) is -1.92. The molecule has 1 saturated carbocycles. The highest BCUT2D eigenvalue weighted by molar-refractivity contribution is 7.13. The predicted molar refractivity (Wildman–Crippen MR) is 88.9 cm³/mol. The van der Waals surface area contributed by atoms with E-state index in [0.29, 0.717) is 5.41 Å². The standard InChI is InChI=1S/C18H28OSi/c1-15-9-7-10-16(15)11-8-14-18(19)20(2,3)17-12-5-4-6-13-17/h4-6,12-13,15-16H,7-11,14H2,1-3H3/t15-,16-/m0/s1. The molecule has 0 heterocycles. The fourth-order valence-corrected chi connectivity index (χ4v) is 5.65. The Morgan fingerprint density at radius 1 is 1.20 bits per heavy atom. The van der Waals surface area contributed by atoms with Crippen molar-refractivity contribution in [2.75, 3.05) is 0 Å². The second-order valence-corrected chi connectivity index (χ2v) is 11.4. The summed E-state index contributed by atoms with van der Waals surface area (Å²) in [6, 6.07) is 10.4. The van der Waals surface area contributed by atoms with Gasteiger partial charge in [-0.1, -0.05) is 74.8 Å². The van der Waals surface area contributed by atoms with Gasteiger partial charge in [0.1, 0.15) is 5.41 Å². The van der Waals surface area contributed by atoms with Crippen molar-refractivity contribution in [3.63, 3.8) is 0 Å². The lowest BCUT2D eigenvalue weighted by atomic mass is 9.93. The van der Waals surface area contributed by atoms with Crippen LogP contribution >= 0.6 is 0 Å². The van der Waals surface area contributed by atoms with Crippen LogP contribution in [0.2, 0.25) is 13.1 Å². The first-order chi connectivity index (χ1) is 9.51. The lowest BCUT2D eigenvalue weighted by Crippen LogP contribution is -2.49. The van der Waals surface area contributed by atoms with Crippen molar-refractivity contribution in [3.05, 3.63) is 30.3 Å². The van der Waals surface area contributed by atoms with Gasteiger partial charge in [0.2, 0.25) is 0 Å². The number of carbonyl (C=O) groups is 1. The number of hydrogen-bond acceptors (Lipinski definition) is 1. The Kier molecular flexibility index (Phi) is 5.20. The van der Waals surface area contributed by atoms with E-state index in [-0.39, 0.29) is 0 Å². The van der Waals surface area contributed by atoms with Crippen molar-refractivity contribution in [1.29, 1.82) is 0 Å². The zero-order valence-electron chi connectivity index (χ0n) is 13.2. The van der Waals surface area contributed by atoms with Crippen LogP contribution in [0, 0.1) is 11.8 Å². The van der Waals surface area contributed by atoms with Gasteiger partial charge in [-0.05, 0) is 24.7 Å². The number of carbonyl (C=O) groups excluding carboxylic acids is 1. The molecule has 1 aromatic rings. The molecule has 0 radical (unpaired) electrons. The number of benzene rings is 1. The minimum atomic E-state index is -1.92. The van der Waals surface area contributed by atoms with Gasteiger partial charge in [-0.2, -0.15) is 0 Å². The predicted octanol–water partition coefficient (Wildman–Crippen LogP) is 4.32. The van der Waals surface area contributed by atoms with Crippen molar-refractivity contribution in [2.24, 2.45) is 11.8 Å². The highest BCUT2D eigenvalue weighted by Crippen LogP contribution is 2.34. The summed E-state index contributed by atoms with van der Waals surface area (Å²) in [5, 5.41) is 1.80. The summed E-state index contributed by atoms with van der Waals surface area (Å²) >= 11 is 0. The van der Waals surface area contributed by atoms with Crippen LogP contribution in [0.15, 0.2) is 30.3 Å². The third-order valence-corrected chi connectivity index (χ3v) is 8.63. The van der Waals surface area contributed by atoms with Gasteiger partial charge in [0.25, 0.3) is 0 Å². The van der Waals surface area contributed by atoms with Gasteiger partial charge in [-0.3, -0.25) is 0 Å². The molecule has 0 bridgehead atoms. The molecule has 1 nitrogen and oxygen atoms in total. The molecule has 20 heavy (non-hydrogen) atoms. The van der Waals surface area contributed by atoms with E-state index in [9.17, 15) is 4.79 Å². The summed E-state index contributed by atoms with van der Waals surface area (Å²) < 4.78 is 0. The normalized spacial score (nSPS) is 22.9. The van der Waals surface area contributed by atoms with E-state index in [1.807, 2.05) is 6.07 Å². The Labute approximate surface area is 124 Å². The van der Waals surface area contributed by atoms with Crippen LogP contribution in [0.3, 0.4) is 0 Å². The minimum absolute atomic E-state index is 0.523. The van der Waals surface area contributed by atoms with Gasteiger partial charge in [0.15, 0.2) is 8.07 Å². The first kappa shape index (κ1) is 15.5. The van der Waals surface area contributed by atoms with Gasteiger partial charge in [-0.15, -0.1) is 0 Å². The molecule has 0 N–H and O–H groups in total. The lowest BCUT2D eigenvalue weighted by Gasteiger charge is -2.22. The number of rotatable bonds is 6. The van der Waals surface area contributed by atoms with E-state index in [1.165, 1.54) is 30.9 Å². The highest BCUT2D eigenvalue weighted by atomic mass is 28.3. The van der Waals surface area contributed by atoms with Crippen LogP contribution in [0.4, 0.5) is 0 Å². The molecule has 2 rings (SSSR count). The summed E-state index contributed by atoms with van der Waals surface area (Å²) in [4.78, 5) is 12.6. The maximum atomic E-state index is 12.6. The zero-order chi connectivity index (χ0) is 14.6. The molecule has 1 aromatic carbocycles. The second-order valence-electron chi connectivity index (χ2n) is 6.97. The molecule has 0 aromatic heterocycles. The van der Waals surface area contributed by atoms with Crippen LogP contribution in [0.5, 0.6) is 0 Å². The molecule has 1 aliphatic rings. The Morgan fingerprint density at radius 3 is 2.50 bits per heavy atom. The van der Waals surface area contributed by atoms with E-state index in [1.54, 1.807) is 0 Å². The number of hydrogen-bond donors (Lipinski definition) is 0. The Balaban J connectivity index is 1.85. The van der Waals surface area contributed by atoms with E-state index in [4.69, 9.17) is 0 Å². The molecular weight excluding hydrogens is 260 g/mol. The monoisotopic (exact) mass is 288 g/mol. The molecule has 0 aliphatic heterocycles. The van der Waals surface area contributed by atoms with Crippen LogP contribution in [0.1, 0.15) is 45.4 Å². The van der Waals surface area contributed by atoms with Crippen LogP contribution < -0.4 is 5.19 Å². The first-order valence-corrected chi connectivity index (χ1v) is 11.1. The molecule has 0 saturated heterocycles. The smallest absolute Gasteiger partial charge is 0.157 e. The van der Waals surface area contributed by atoms with Gasteiger partial charge in [-0.25, -0.2) is 0 Å². The third-order valence-electron chi connectivity index (χ3n) is 5.21. The second kappa shape index (κ2) is 6.71. The Bertz CT molecular complexity index is 438. The topological polar surface area (TPSA) is 17.1 Å². The maximum Gasteiger partial charge on any atom is 0.157 e. The van der Waals surface area contributed by atoms with E-state index >= 15 is 0 Å². The molecule has 0 spiro atoms. The fourth-order valence-electron chi connectivity index (χ4n) is 3.50. The van der Waals surface area contributed by atoms with Crippen LogP contribution in [-0.2, 0) is 4.79 Å². The largest absolute Gasteiger partial charge is 0.305 e. The molecule has 0 amide bonds. The summed E-state index contributed by atoms with van der Waals surface area (Å²) in [5.74, 6) is 1.76. The molecule has 2 atom stereocenters. The quantitative estimate of drug-likeness (QED) is 0.713. The van der Waals surface area contributed by atoms with E-state index in [2.05, 4.69) is 44.3 Å². The van der Waals surface area contributed by atoms with Gasteiger partial charge < -0.3 is 4.79 Å². The maximum absolute atomic E-state index is 12.6. The SMILES string of the molecule is C[C@H]1CCC[C@H]1CCCC(=O)[Si](C)(C)c1ccccc1. The van der Waals surface area contributed by atoms with Crippen molar-refractivity contribution < 1.29 is 4.79 Å². The molecular formula is C18H28OSi. The highest BCUT2D eigenvalue weighted by Gasteiger charge is 2.32. The average molecular weight is 289 g/mol. The van der Waals surface area contributed by atoms with E-state index in [0.717, 1.165) is 24.7 Å². The van der Waals surface area contributed by atoms with Gasteiger partial charge in [0, 0.05) is 6.42 Å². The van der Waals surface area contributed by atoms with Crippen LogP contribution in [-0.4, -0.2) is 13.5 Å². The fraction of sp³-hybridized carbons (Fsp3) is 0.611. The Hall–Kier alpha value is -0.893. The van der Waals surface area contributed by atoms with Gasteiger partial charge in [0.05, 0.1) is 0 Å². The zero-order valence-corrected chi connectivity index (χ0v) is 14.2. The van der Waals surface area contributed by atoms with Crippen molar-refractivity contribution >= 4 is 18.7 Å². The molecule has 2 heteroatoms. The molecule has 1 aliphatic carbocycles.